The van der Waals surface area contributed by atoms with Crippen LogP contribution < -0.4 is 10.9 Å². The Balaban J connectivity index is 1.86. The molecule has 156 valence electrons. The second-order valence-electron chi connectivity index (χ2n) is 8.63. The van der Waals surface area contributed by atoms with Gasteiger partial charge in [0.25, 0.3) is 5.56 Å². The quantitative estimate of drug-likeness (QED) is 0.668. The maximum atomic E-state index is 13.1. The van der Waals surface area contributed by atoms with Gasteiger partial charge in [0.1, 0.15) is 5.82 Å². The minimum Gasteiger partial charge on any atom is -0.476 e. The summed E-state index contributed by atoms with van der Waals surface area (Å²) in [6.45, 7) is 7.78. The number of rotatable bonds is 5. The highest BCUT2D eigenvalue weighted by atomic mass is 16.4. The largest absolute Gasteiger partial charge is 0.476 e. The van der Waals surface area contributed by atoms with Gasteiger partial charge in [0.05, 0.1) is 22.6 Å². The lowest BCUT2D eigenvalue weighted by molar-refractivity contribution is 0.0691. The molecule has 0 unspecified atom stereocenters. The van der Waals surface area contributed by atoms with E-state index in [-0.39, 0.29) is 22.7 Å². The van der Waals surface area contributed by atoms with Gasteiger partial charge in [-0.05, 0) is 57.4 Å². The molecule has 2 heterocycles. The first-order valence-electron chi connectivity index (χ1n) is 10.1. The van der Waals surface area contributed by atoms with E-state index in [2.05, 4.69) is 17.2 Å². The summed E-state index contributed by atoms with van der Waals surface area (Å²) in [6.07, 6.45) is 2.04. The van der Waals surface area contributed by atoms with E-state index in [1.165, 1.54) is 0 Å². The van der Waals surface area contributed by atoms with E-state index in [1.807, 2.05) is 26.0 Å². The van der Waals surface area contributed by atoms with Gasteiger partial charge in [-0.1, -0.05) is 13.0 Å². The third kappa shape index (κ3) is 3.34. The minimum absolute atomic E-state index is 0.0196. The molecule has 2 aromatic heterocycles. The molecule has 0 aliphatic heterocycles. The fraction of sp³-hybridized carbons (Fsp3) is 0.391. The van der Waals surface area contributed by atoms with Crippen LogP contribution in [0, 0.1) is 13.8 Å². The molecule has 3 aromatic rings. The Labute approximate surface area is 174 Å². The smallest absolute Gasteiger partial charge is 0.356 e. The van der Waals surface area contributed by atoms with Gasteiger partial charge in [-0.3, -0.25) is 9.36 Å². The summed E-state index contributed by atoms with van der Waals surface area (Å²) in [5, 5.41) is 13.4. The van der Waals surface area contributed by atoms with Crippen molar-refractivity contribution in [2.24, 2.45) is 7.05 Å². The van der Waals surface area contributed by atoms with Crippen molar-refractivity contribution in [3.8, 4) is 0 Å². The van der Waals surface area contributed by atoms with Gasteiger partial charge in [0, 0.05) is 23.7 Å². The zero-order chi connectivity index (χ0) is 21.8. The highest BCUT2D eigenvalue weighted by Gasteiger charge is 2.43. The van der Waals surface area contributed by atoms with E-state index in [9.17, 15) is 14.7 Å². The van der Waals surface area contributed by atoms with Crippen molar-refractivity contribution in [3.63, 3.8) is 0 Å². The molecular formula is C23H26N4O3. The molecule has 1 aliphatic rings. The normalized spacial score (nSPS) is 15.8. The molecule has 1 aliphatic carbocycles. The Kier molecular flexibility index (Phi) is 4.64. The monoisotopic (exact) mass is 406 g/mol. The number of benzene rings is 1. The Morgan fingerprint density at radius 1 is 1.23 bits per heavy atom. The van der Waals surface area contributed by atoms with E-state index in [0.29, 0.717) is 22.3 Å². The van der Waals surface area contributed by atoms with Crippen LogP contribution in [0.15, 0.2) is 29.1 Å². The second kappa shape index (κ2) is 6.93. The summed E-state index contributed by atoms with van der Waals surface area (Å²) in [7, 11) is 1.79. The average Bonchev–Trinajstić information content (AvgIpc) is 3.43. The number of carboxylic acid groups (broad SMARTS) is 1. The molecule has 1 fully saturated rings. The molecule has 1 aromatic carbocycles. The van der Waals surface area contributed by atoms with Crippen molar-refractivity contribution in [2.45, 2.75) is 52.0 Å². The van der Waals surface area contributed by atoms with Crippen molar-refractivity contribution < 1.29 is 9.90 Å². The van der Waals surface area contributed by atoms with Gasteiger partial charge in [0.2, 0.25) is 0 Å². The molecule has 1 atom stereocenters. The average molecular weight is 406 g/mol. The Morgan fingerprint density at radius 2 is 1.93 bits per heavy atom. The van der Waals surface area contributed by atoms with Crippen molar-refractivity contribution >= 4 is 22.6 Å². The van der Waals surface area contributed by atoms with Crippen LogP contribution >= 0.6 is 0 Å². The Hall–Kier alpha value is -3.22. The molecule has 7 nitrogen and oxygen atoms in total. The zero-order valence-corrected chi connectivity index (χ0v) is 17.9. The number of pyridine rings is 1. The van der Waals surface area contributed by atoms with Gasteiger partial charge >= 0.3 is 5.97 Å². The van der Waals surface area contributed by atoms with Crippen molar-refractivity contribution in [3.05, 3.63) is 63.0 Å². The SMILES string of the molecule is Cc1cc([C@@H](C)Nc2ccc(C)nc2C(=O)O)c2nc(C3(C)CC3)n(C)c(=O)c2c1. The van der Waals surface area contributed by atoms with Crippen LogP contribution in [0.4, 0.5) is 5.69 Å². The molecular weight excluding hydrogens is 380 g/mol. The van der Waals surface area contributed by atoms with E-state index in [4.69, 9.17) is 4.98 Å². The molecule has 0 amide bonds. The summed E-state index contributed by atoms with van der Waals surface area (Å²) in [5.74, 6) is -0.279. The first kappa shape index (κ1) is 20.1. The molecule has 0 radical (unpaired) electrons. The van der Waals surface area contributed by atoms with E-state index in [0.717, 1.165) is 29.8 Å². The third-order valence-electron chi connectivity index (χ3n) is 5.97. The molecule has 30 heavy (non-hydrogen) atoms. The number of hydrogen-bond acceptors (Lipinski definition) is 5. The maximum absolute atomic E-state index is 13.1. The van der Waals surface area contributed by atoms with Crippen molar-refractivity contribution in [1.82, 2.24) is 14.5 Å². The number of carboxylic acids is 1. The minimum atomic E-state index is -1.08. The van der Waals surface area contributed by atoms with Gasteiger partial charge < -0.3 is 10.4 Å². The predicted molar refractivity (Wildman–Crippen MR) is 116 cm³/mol. The van der Waals surface area contributed by atoms with E-state index >= 15 is 0 Å². The number of aromatic carboxylic acids is 1. The topological polar surface area (TPSA) is 97.1 Å². The number of fused-ring (bicyclic) bond motifs is 1. The molecule has 0 saturated heterocycles. The fourth-order valence-electron chi connectivity index (χ4n) is 3.98. The Morgan fingerprint density at radius 3 is 2.57 bits per heavy atom. The highest BCUT2D eigenvalue weighted by Crippen LogP contribution is 2.46. The number of anilines is 1. The van der Waals surface area contributed by atoms with Crippen LogP contribution in [0.5, 0.6) is 0 Å². The van der Waals surface area contributed by atoms with Crippen LogP contribution in [-0.4, -0.2) is 25.6 Å². The van der Waals surface area contributed by atoms with E-state index < -0.39 is 5.97 Å². The van der Waals surface area contributed by atoms with Gasteiger partial charge in [-0.25, -0.2) is 14.8 Å². The lowest BCUT2D eigenvalue weighted by atomic mass is 10.00. The summed E-state index contributed by atoms with van der Waals surface area (Å²) >= 11 is 0. The van der Waals surface area contributed by atoms with Crippen LogP contribution in [-0.2, 0) is 12.5 Å². The first-order valence-corrected chi connectivity index (χ1v) is 10.1. The maximum Gasteiger partial charge on any atom is 0.356 e. The third-order valence-corrected chi connectivity index (χ3v) is 5.97. The summed E-state index contributed by atoms with van der Waals surface area (Å²) in [4.78, 5) is 33.8. The number of nitrogens with zero attached hydrogens (tertiary/aromatic N) is 3. The first-order chi connectivity index (χ1) is 14.1. The lowest BCUT2D eigenvalue weighted by Crippen LogP contribution is -2.27. The van der Waals surface area contributed by atoms with Crippen LogP contribution in [0.2, 0.25) is 0 Å². The summed E-state index contributed by atoms with van der Waals surface area (Å²) in [6, 6.07) is 7.11. The molecule has 0 bridgehead atoms. The molecule has 2 N–H and O–H groups in total. The molecule has 7 heteroatoms. The fourth-order valence-corrected chi connectivity index (χ4v) is 3.98. The highest BCUT2D eigenvalue weighted by molar-refractivity contribution is 5.92. The second-order valence-corrected chi connectivity index (χ2v) is 8.63. The zero-order valence-electron chi connectivity index (χ0n) is 17.9. The summed E-state index contributed by atoms with van der Waals surface area (Å²) in [5.41, 5.74) is 3.44. The lowest BCUT2D eigenvalue weighted by Gasteiger charge is -2.21. The number of hydrogen-bond donors (Lipinski definition) is 2. The standard InChI is InChI=1S/C23H26N4O3/c1-12-10-15(14(3)25-17-7-6-13(2)24-19(17)21(29)30)18-16(11-12)20(28)27(5)22(26-18)23(4)8-9-23/h6-7,10-11,14,25H,8-9H2,1-5H3,(H,29,30)/t14-/m1/s1. The van der Waals surface area contributed by atoms with Gasteiger partial charge in [0.15, 0.2) is 5.69 Å². The number of aromatic nitrogens is 3. The number of aryl methyl sites for hydroxylation is 2. The van der Waals surface area contributed by atoms with Crippen LogP contribution in [0.25, 0.3) is 10.9 Å². The Bertz CT molecular complexity index is 1240. The van der Waals surface area contributed by atoms with Crippen molar-refractivity contribution in [1.29, 1.82) is 0 Å². The number of nitrogens with one attached hydrogen (secondary N) is 1. The molecule has 1 saturated carbocycles. The number of carbonyl (C=O) groups is 1. The molecule has 4 rings (SSSR count). The van der Waals surface area contributed by atoms with Crippen molar-refractivity contribution in [2.75, 3.05) is 5.32 Å². The van der Waals surface area contributed by atoms with E-state index in [1.54, 1.807) is 30.7 Å². The van der Waals surface area contributed by atoms with Gasteiger partial charge in [-0.2, -0.15) is 0 Å². The molecule has 0 spiro atoms. The van der Waals surface area contributed by atoms with Gasteiger partial charge in [-0.15, -0.1) is 0 Å². The summed E-state index contributed by atoms with van der Waals surface area (Å²) < 4.78 is 1.67. The van der Waals surface area contributed by atoms with Crippen LogP contribution in [0.1, 0.15) is 65.9 Å². The van der Waals surface area contributed by atoms with Crippen LogP contribution in [0.3, 0.4) is 0 Å². The predicted octanol–water partition coefficient (Wildman–Crippen LogP) is 3.87.